The van der Waals surface area contributed by atoms with E-state index in [1.54, 1.807) is 0 Å². The van der Waals surface area contributed by atoms with Gasteiger partial charge in [0, 0.05) is 12.0 Å². The van der Waals surface area contributed by atoms with Crippen LogP contribution >= 0.6 is 0 Å². The van der Waals surface area contributed by atoms with E-state index in [1.165, 1.54) is 12.1 Å². The van der Waals surface area contributed by atoms with Crippen LogP contribution in [0.2, 0.25) is 0 Å². The van der Waals surface area contributed by atoms with Gasteiger partial charge in [-0.1, -0.05) is 12.1 Å². The third-order valence-corrected chi connectivity index (χ3v) is 2.20. The number of rotatable bonds is 1. The number of ether oxygens (including phenoxy) is 1. The Morgan fingerprint density at radius 1 is 1.07 bits per heavy atom. The van der Waals surface area contributed by atoms with Gasteiger partial charge < -0.3 is 4.74 Å². The van der Waals surface area contributed by atoms with E-state index in [-0.39, 0.29) is 0 Å². The summed E-state index contributed by atoms with van der Waals surface area (Å²) in [6.45, 7) is 0.607. The molecule has 1 aromatic rings. The number of hydrogen-bond acceptors (Lipinski definition) is 1. The molecule has 15 heavy (non-hydrogen) atoms. The lowest BCUT2D eigenvalue weighted by atomic mass is 10.1. The van der Waals surface area contributed by atoms with Gasteiger partial charge in [-0.2, -0.15) is 13.2 Å². The van der Waals surface area contributed by atoms with Crippen molar-refractivity contribution in [3.05, 3.63) is 41.5 Å². The van der Waals surface area contributed by atoms with Gasteiger partial charge in [0.2, 0.25) is 0 Å². The maximum atomic E-state index is 12.3. The summed E-state index contributed by atoms with van der Waals surface area (Å²) < 4.78 is 42.0. The first-order chi connectivity index (χ1) is 7.07. The molecule has 80 valence electrons. The van der Waals surface area contributed by atoms with E-state index < -0.39 is 11.7 Å². The van der Waals surface area contributed by atoms with Gasteiger partial charge in [-0.25, -0.2) is 0 Å². The fourth-order valence-corrected chi connectivity index (χ4v) is 1.44. The van der Waals surface area contributed by atoms with E-state index >= 15 is 0 Å². The Bertz CT molecular complexity index is 376. The molecule has 0 radical (unpaired) electrons. The molecular weight excluding hydrogens is 205 g/mol. The lowest BCUT2D eigenvalue weighted by Gasteiger charge is -2.08. The van der Waals surface area contributed by atoms with Crippen molar-refractivity contribution in [2.75, 3.05) is 6.61 Å². The van der Waals surface area contributed by atoms with Crippen LogP contribution in [0.15, 0.2) is 30.3 Å². The zero-order chi connectivity index (χ0) is 10.9. The third kappa shape index (κ3) is 2.14. The predicted molar refractivity (Wildman–Crippen MR) is 50.0 cm³/mol. The fraction of sp³-hybridized carbons (Fsp3) is 0.273. The average molecular weight is 214 g/mol. The molecule has 1 nitrogen and oxygen atoms in total. The van der Waals surface area contributed by atoms with E-state index in [0.717, 1.165) is 18.6 Å². The van der Waals surface area contributed by atoms with Gasteiger partial charge in [0.25, 0.3) is 0 Å². The van der Waals surface area contributed by atoms with Gasteiger partial charge >= 0.3 is 6.18 Å². The molecule has 0 amide bonds. The summed E-state index contributed by atoms with van der Waals surface area (Å²) in [7, 11) is 0. The third-order valence-electron chi connectivity index (χ3n) is 2.20. The normalized spacial score (nSPS) is 16.1. The van der Waals surface area contributed by atoms with Crippen LogP contribution in [0.4, 0.5) is 13.2 Å². The molecule has 0 bridgehead atoms. The molecule has 0 saturated heterocycles. The molecule has 0 atom stereocenters. The Labute approximate surface area is 85.2 Å². The van der Waals surface area contributed by atoms with Crippen LogP contribution < -0.4 is 0 Å². The molecule has 2 rings (SSSR count). The fourth-order valence-electron chi connectivity index (χ4n) is 1.44. The summed E-state index contributed by atoms with van der Waals surface area (Å²) in [5.41, 5.74) is 0.0605. The highest BCUT2D eigenvalue weighted by molar-refractivity contribution is 5.61. The Hall–Kier alpha value is -1.45. The second-order valence-electron chi connectivity index (χ2n) is 3.28. The van der Waals surface area contributed by atoms with Crippen molar-refractivity contribution < 1.29 is 17.9 Å². The SMILES string of the molecule is FC(F)(F)c1ccc(C2=CCCO2)cc1. The zero-order valence-corrected chi connectivity index (χ0v) is 7.84. The predicted octanol–water partition coefficient (Wildman–Crippen LogP) is 3.47. The molecule has 1 aliphatic rings. The summed E-state index contributed by atoms with van der Waals surface area (Å²) >= 11 is 0. The van der Waals surface area contributed by atoms with Crippen molar-refractivity contribution in [3.8, 4) is 0 Å². The number of benzene rings is 1. The second kappa shape index (κ2) is 3.61. The largest absolute Gasteiger partial charge is 0.493 e. The molecule has 0 aromatic heterocycles. The van der Waals surface area contributed by atoms with Crippen molar-refractivity contribution in [2.24, 2.45) is 0 Å². The average Bonchev–Trinajstić information content (AvgIpc) is 2.69. The maximum Gasteiger partial charge on any atom is 0.416 e. The molecule has 0 aliphatic carbocycles. The summed E-state index contributed by atoms with van der Waals surface area (Å²) in [5, 5.41) is 0. The van der Waals surface area contributed by atoms with Crippen LogP contribution in [0.25, 0.3) is 5.76 Å². The summed E-state index contributed by atoms with van der Waals surface area (Å²) in [6.07, 6.45) is -1.58. The van der Waals surface area contributed by atoms with Crippen LogP contribution in [-0.2, 0) is 10.9 Å². The molecule has 0 fully saturated rings. The Balaban J connectivity index is 2.24. The van der Waals surface area contributed by atoms with Gasteiger partial charge in [-0.05, 0) is 18.2 Å². The molecule has 4 heteroatoms. The number of alkyl halides is 3. The molecular formula is C11H9F3O. The van der Waals surface area contributed by atoms with Crippen LogP contribution in [0, 0.1) is 0 Å². The standard InChI is InChI=1S/C11H9F3O/c12-11(13,14)9-5-3-8(4-6-9)10-2-1-7-15-10/h2-6H,1,7H2. The van der Waals surface area contributed by atoms with Gasteiger partial charge in [0.15, 0.2) is 0 Å². The summed E-state index contributed by atoms with van der Waals surface area (Å²) in [6, 6.07) is 5.00. The first kappa shape index (κ1) is 10.1. The van der Waals surface area contributed by atoms with Crippen LogP contribution in [0.5, 0.6) is 0 Å². The molecule has 1 heterocycles. The van der Waals surface area contributed by atoms with Gasteiger partial charge in [-0.15, -0.1) is 0 Å². The van der Waals surface area contributed by atoms with Gasteiger partial charge in [-0.3, -0.25) is 0 Å². The highest BCUT2D eigenvalue weighted by Gasteiger charge is 2.30. The number of halogens is 3. The van der Waals surface area contributed by atoms with E-state index in [4.69, 9.17) is 4.74 Å². The van der Waals surface area contributed by atoms with Crippen LogP contribution in [0.3, 0.4) is 0 Å². The topological polar surface area (TPSA) is 9.23 Å². The van der Waals surface area contributed by atoms with E-state index in [2.05, 4.69) is 0 Å². The smallest absolute Gasteiger partial charge is 0.416 e. The minimum Gasteiger partial charge on any atom is -0.493 e. The van der Waals surface area contributed by atoms with Gasteiger partial charge in [0.05, 0.1) is 12.2 Å². The second-order valence-corrected chi connectivity index (χ2v) is 3.28. The quantitative estimate of drug-likeness (QED) is 0.695. The van der Waals surface area contributed by atoms with Crippen molar-refractivity contribution in [1.82, 2.24) is 0 Å². The Morgan fingerprint density at radius 2 is 1.73 bits per heavy atom. The van der Waals surface area contributed by atoms with E-state index in [1.807, 2.05) is 6.08 Å². The highest BCUT2D eigenvalue weighted by Crippen LogP contribution is 2.30. The molecule has 0 unspecified atom stereocenters. The highest BCUT2D eigenvalue weighted by atomic mass is 19.4. The zero-order valence-electron chi connectivity index (χ0n) is 7.84. The van der Waals surface area contributed by atoms with Crippen LogP contribution in [0.1, 0.15) is 17.5 Å². The lowest BCUT2D eigenvalue weighted by molar-refractivity contribution is -0.137. The summed E-state index contributed by atoms with van der Waals surface area (Å²) in [4.78, 5) is 0. The van der Waals surface area contributed by atoms with Crippen molar-refractivity contribution in [1.29, 1.82) is 0 Å². The van der Waals surface area contributed by atoms with Crippen molar-refractivity contribution in [3.63, 3.8) is 0 Å². The first-order valence-electron chi connectivity index (χ1n) is 4.58. The monoisotopic (exact) mass is 214 g/mol. The summed E-state index contributed by atoms with van der Waals surface area (Å²) in [5.74, 6) is 0.670. The number of hydrogen-bond donors (Lipinski definition) is 0. The molecule has 1 aliphatic heterocycles. The van der Waals surface area contributed by atoms with Crippen molar-refractivity contribution in [2.45, 2.75) is 12.6 Å². The molecule has 1 aromatic carbocycles. The van der Waals surface area contributed by atoms with Gasteiger partial charge in [0.1, 0.15) is 5.76 Å². The molecule has 0 saturated carbocycles. The molecule has 0 N–H and O–H groups in total. The minimum atomic E-state index is -4.27. The molecule has 0 spiro atoms. The first-order valence-corrected chi connectivity index (χ1v) is 4.58. The van der Waals surface area contributed by atoms with E-state index in [9.17, 15) is 13.2 Å². The van der Waals surface area contributed by atoms with Crippen molar-refractivity contribution >= 4 is 5.76 Å². The maximum absolute atomic E-state index is 12.3. The van der Waals surface area contributed by atoms with Crippen LogP contribution in [-0.4, -0.2) is 6.61 Å². The Morgan fingerprint density at radius 3 is 2.20 bits per heavy atom. The van der Waals surface area contributed by atoms with E-state index in [0.29, 0.717) is 17.9 Å². The minimum absolute atomic E-state index is 0.607. The lowest BCUT2D eigenvalue weighted by Crippen LogP contribution is -2.04. The Kier molecular flexibility index (Phi) is 2.42.